The van der Waals surface area contributed by atoms with Gasteiger partial charge in [-0.05, 0) is 49.6 Å². The van der Waals surface area contributed by atoms with Gasteiger partial charge in [-0.1, -0.05) is 17.7 Å². The van der Waals surface area contributed by atoms with Crippen LogP contribution in [0.4, 0.5) is 32.0 Å². The third-order valence-corrected chi connectivity index (χ3v) is 3.70. The average Bonchev–Trinajstić information content (AvgIpc) is 2.36. The van der Waals surface area contributed by atoms with Gasteiger partial charge in [0.1, 0.15) is 0 Å². The third-order valence-electron chi connectivity index (χ3n) is 3.70. The number of nitrogen functional groups attached to an aromatic ring is 1. The van der Waals surface area contributed by atoms with Crippen LogP contribution in [0.5, 0.6) is 0 Å². The molecule has 0 aliphatic heterocycles. The highest BCUT2D eigenvalue weighted by Gasteiger charge is 2.42. The standard InChI is InChI=1S/C17H15F6N/c1-8-4-9(2)14(10(3)5-8)15-12(16(18,19)20)6-11(24)7-13(15)17(21,22)23/h4-7H,24H2,1-3H3. The number of halogens is 6. The van der Waals surface area contributed by atoms with Crippen molar-refractivity contribution in [1.82, 2.24) is 0 Å². The van der Waals surface area contributed by atoms with Crippen LogP contribution in [-0.2, 0) is 12.4 Å². The lowest BCUT2D eigenvalue weighted by Gasteiger charge is -2.22. The number of hydrogen-bond acceptors (Lipinski definition) is 1. The second-order valence-corrected chi connectivity index (χ2v) is 5.76. The predicted molar refractivity (Wildman–Crippen MR) is 80.5 cm³/mol. The van der Waals surface area contributed by atoms with Crippen LogP contribution >= 0.6 is 0 Å². The Morgan fingerprint density at radius 3 is 1.38 bits per heavy atom. The second-order valence-electron chi connectivity index (χ2n) is 5.76. The van der Waals surface area contributed by atoms with Crippen molar-refractivity contribution in [2.24, 2.45) is 0 Å². The molecule has 2 N–H and O–H groups in total. The highest BCUT2D eigenvalue weighted by atomic mass is 19.4. The normalized spacial score (nSPS) is 12.5. The molecule has 7 heteroatoms. The molecule has 1 nitrogen and oxygen atoms in total. The average molecular weight is 347 g/mol. The molecule has 0 aromatic heterocycles. The lowest BCUT2D eigenvalue weighted by molar-refractivity contribution is -0.142. The number of rotatable bonds is 1. The summed E-state index contributed by atoms with van der Waals surface area (Å²) >= 11 is 0. The molecule has 0 aliphatic rings. The Hall–Kier alpha value is -2.18. The molecule has 2 aromatic carbocycles. The first-order valence-corrected chi connectivity index (χ1v) is 6.98. The zero-order valence-corrected chi connectivity index (χ0v) is 13.2. The molecule has 2 aromatic rings. The molecular formula is C17H15F6N. The molecule has 0 atom stereocenters. The molecule has 0 bridgehead atoms. The van der Waals surface area contributed by atoms with Gasteiger partial charge in [-0.3, -0.25) is 0 Å². The van der Waals surface area contributed by atoms with Gasteiger partial charge in [-0.25, -0.2) is 0 Å². The molecule has 0 saturated heterocycles. The highest BCUT2D eigenvalue weighted by molar-refractivity contribution is 5.80. The first-order valence-electron chi connectivity index (χ1n) is 6.98. The Morgan fingerprint density at radius 1 is 0.667 bits per heavy atom. The maximum absolute atomic E-state index is 13.4. The number of aryl methyl sites for hydroxylation is 3. The summed E-state index contributed by atoms with van der Waals surface area (Å²) < 4.78 is 80.4. The van der Waals surface area contributed by atoms with E-state index >= 15 is 0 Å². The summed E-state index contributed by atoms with van der Waals surface area (Å²) in [5.74, 6) is 0. The van der Waals surface area contributed by atoms with Crippen molar-refractivity contribution in [1.29, 1.82) is 0 Å². The van der Waals surface area contributed by atoms with E-state index in [4.69, 9.17) is 5.73 Å². The van der Waals surface area contributed by atoms with E-state index in [1.54, 1.807) is 19.1 Å². The second kappa shape index (κ2) is 5.72. The maximum Gasteiger partial charge on any atom is 0.417 e. The summed E-state index contributed by atoms with van der Waals surface area (Å²) in [5.41, 5.74) is 2.44. The number of alkyl halides is 6. The molecule has 0 unspecified atom stereocenters. The molecular weight excluding hydrogens is 332 g/mol. The van der Waals surface area contributed by atoms with Gasteiger partial charge in [0.2, 0.25) is 0 Å². The van der Waals surface area contributed by atoms with Crippen LogP contribution in [0.3, 0.4) is 0 Å². The third kappa shape index (κ3) is 3.34. The van der Waals surface area contributed by atoms with Crippen LogP contribution in [0.25, 0.3) is 11.1 Å². The Labute approximate surface area is 135 Å². The zero-order valence-electron chi connectivity index (χ0n) is 13.2. The predicted octanol–water partition coefficient (Wildman–Crippen LogP) is 5.90. The van der Waals surface area contributed by atoms with Gasteiger partial charge in [-0.2, -0.15) is 26.3 Å². The van der Waals surface area contributed by atoms with E-state index in [0.717, 1.165) is 5.56 Å². The lowest BCUT2D eigenvalue weighted by Crippen LogP contribution is -2.16. The summed E-state index contributed by atoms with van der Waals surface area (Å²) in [6.45, 7) is 4.71. The molecule has 2 rings (SSSR count). The fourth-order valence-electron chi connectivity index (χ4n) is 2.96. The van der Waals surface area contributed by atoms with Crippen LogP contribution in [0.15, 0.2) is 24.3 Å². The molecule has 0 saturated carbocycles. The Balaban J connectivity index is 3.01. The molecule has 0 amide bonds. The van der Waals surface area contributed by atoms with Gasteiger partial charge in [0.05, 0.1) is 11.1 Å². The fourth-order valence-corrected chi connectivity index (χ4v) is 2.96. The van der Waals surface area contributed by atoms with Crippen LogP contribution < -0.4 is 5.73 Å². The van der Waals surface area contributed by atoms with Crippen molar-refractivity contribution in [3.8, 4) is 11.1 Å². The summed E-state index contributed by atoms with van der Waals surface area (Å²) in [7, 11) is 0. The zero-order chi connectivity index (χ0) is 18.4. The van der Waals surface area contributed by atoms with E-state index < -0.39 is 34.7 Å². The van der Waals surface area contributed by atoms with E-state index in [1.807, 2.05) is 0 Å². The molecule has 24 heavy (non-hydrogen) atoms. The van der Waals surface area contributed by atoms with Crippen molar-refractivity contribution < 1.29 is 26.3 Å². The summed E-state index contributed by atoms with van der Waals surface area (Å²) in [6, 6.07) is 4.20. The first kappa shape index (κ1) is 18.2. The van der Waals surface area contributed by atoms with E-state index in [2.05, 4.69) is 0 Å². The van der Waals surface area contributed by atoms with Crippen LogP contribution in [0, 0.1) is 20.8 Å². The number of hydrogen-bond donors (Lipinski definition) is 1. The fraction of sp³-hybridized carbons (Fsp3) is 0.294. The Kier molecular flexibility index (Phi) is 4.33. The molecule has 0 aliphatic carbocycles. The lowest BCUT2D eigenvalue weighted by atomic mass is 9.87. The summed E-state index contributed by atoms with van der Waals surface area (Å²) in [4.78, 5) is 0. The van der Waals surface area contributed by atoms with E-state index in [0.29, 0.717) is 23.3 Å². The van der Waals surface area contributed by atoms with Crippen molar-refractivity contribution >= 4 is 5.69 Å². The quantitative estimate of drug-likeness (QED) is 0.504. The minimum atomic E-state index is -4.96. The van der Waals surface area contributed by atoms with Crippen molar-refractivity contribution in [2.75, 3.05) is 5.73 Å². The van der Waals surface area contributed by atoms with Gasteiger partial charge in [-0.15, -0.1) is 0 Å². The number of benzene rings is 2. The number of nitrogens with two attached hydrogens (primary N) is 1. The highest BCUT2D eigenvalue weighted by Crippen LogP contribution is 2.47. The Morgan fingerprint density at radius 2 is 1.04 bits per heavy atom. The van der Waals surface area contributed by atoms with Crippen LogP contribution in [-0.4, -0.2) is 0 Å². The molecule has 0 fully saturated rings. The van der Waals surface area contributed by atoms with Crippen molar-refractivity contribution in [3.05, 3.63) is 52.1 Å². The summed E-state index contributed by atoms with van der Waals surface area (Å²) in [6.07, 6.45) is -9.93. The van der Waals surface area contributed by atoms with Gasteiger partial charge < -0.3 is 5.73 Å². The van der Waals surface area contributed by atoms with E-state index in [1.165, 1.54) is 13.8 Å². The van der Waals surface area contributed by atoms with E-state index in [-0.39, 0.29) is 5.56 Å². The van der Waals surface area contributed by atoms with E-state index in [9.17, 15) is 26.3 Å². The Bertz CT molecular complexity index is 729. The minimum Gasteiger partial charge on any atom is -0.399 e. The molecule has 0 spiro atoms. The van der Waals surface area contributed by atoms with Crippen LogP contribution in [0.2, 0.25) is 0 Å². The SMILES string of the molecule is Cc1cc(C)c(-c2c(C(F)(F)F)cc(N)cc2C(F)(F)F)c(C)c1. The smallest absolute Gasteiger partial charge is 0.399 e. The summed E-state index contributed by atoms with van der Waals surface area (Å²) in [5, 5.41) is 0. The van der Waals surface area contributed by atoms with Gasteiger partial charge in [0.15, 0.2) is 0 Å². The van der Waals surface area contributed by atoms with Crippen molar-refractivity contribution in [3.63, 3.8) is 0 Å². The number of anilines is 1. The van der Waals surface area contributed by atoms with Gasteiger partial charge >= 0.3 is 12.4 Å². The van der Waals surface area contributed by atoms with Crippen molar-refractivity contribution in [2.45, 2.75) is 33.1 Å². The van der Waals surface area contributed by atoms with Gasteiger partial charge in [0, 0.05) is 11.3 Å². The maximum atomic E-state index is 13.4. The topological polar surface area (TPSA) is 26.0 Å². The largest absolute Gasteiger partial charge is 0.417 e. The molecule has 0 radical (unpaired) electrons. The molecule has 0 heterocycles. The minimum absolute atomic E-state index is 0.0692. The molecule has 130 valence electrons. The van der Waals surface area contributed by atoms with Gasteiger partial charge in [0.25, 0.3) is 0 Å². The first-order chi connectivity index (χ1) is 10.8. The van der Waals surface area contributed by atoms with Crippen LogP contribution in [0.1, 0.15) is 27.8 Å². The monoisotopic (exact) mass is 347 g/mol.